The maximum absolute atomic E-state index is 11.4. The van der Waals surface area contributed by atoms with Gasteiger partial charge in [0, 0.05) is 41.6 Å². The molecular formula is C19H25N3OS. The third-order valence-electron chi connectivity index (χ3n) is 4.55. The highest BCUT2D eigenvalue weighted by atomic mass is 32.1. The number of benzene rings is 1. The lowest BCUT2D eigenvalue weighted by molar-refractivity contribution is -0.122. The Morgan fingerprint density at radius 3 is 2.71 bits per heavy atom. The van der Waals surface area contributed by atoms with Gasteiger partial charge in [0.05, 0.1) is 5.92 Å². The average molecular weight is 343 g/mol. The molecule has 5 heteroatoms. The summed E-state index contributed by atoms with van der Waals surface area (Å²) < 4.78 is 0. The molecule has 128 valence electrons. The highest BCUT2D eigenvalue weighted by Gasteiger charge is 2.23. The molecule has 0 radical (unpaired) electrons. The first-order chi connectivity index (χ1) is 11.6. The maximum atomic E-state index is 11.4. The third kappa shape index (κ3) is 4.36. The molecule has 1 aliphatic rings. The number of rotatable bonds is 6. The van der Waals surface area contributed by atoms with Gasteiger partial charge < -0.3 is 16.0 Å². The van der Waals surface area contributed by atoms with Gasteiger partial charge in [0.1, 0.15) is 0 Å². The summed E-state index contributed by atoms with van der Waals surface area (Å²) in [4.78, 5) is 16.4. The second-order valence-electron chi connectivity index (χ2n) is 6.47. The van der Waals surface area contributed by atoms with E-state index in [0.29, 0.717) is 0 Å². The van der Waals surface area contributed by atoms with E-state index in [1.165, 1.54) is 21.0 Å². The molecule has 0 bridgehead atoms. The van der Waals surface area contributed by atoms with E-state index in [4.69, 9.17) is 5.73 Å². The Bertz CT molecular complexity index is 680. The van der Waals surface area contributed by atoms with Crippen LogP contribution < -0.4 is 16.0 Å². The number of nitrogens with zero attached hydrogens (tertiary/aromatic N) is 1. The van der Waals surface area contributed by atoms with Gasteiger partial charge in [-0.3, -0.25) is 4.79 Å². The van der Waals surface area contributed by atoms with Crippen LogP contribution in [0, 0.1) is 12.8 Å². The fourth-order valence-electron chi connectivity index (χ4n) is 3.18. The van der Waals surface area contributed by atoms with E-state index in [0.717, 1.165) is 39.0 Å². The topological polar surface area (TPSA) is 58.4 Å². The summed E-state index contributed by atoms with van der Waals surface area (Å²) in [6.45, 7) is 5.65. The normalized spacial score (nSPS) is 17.9. The van der Waals surface area contributed by atoms with Crippen molar-refractivity contribution in [3.63, 3.8) is 0 Å². The molecule has 1 saturated heterocycles. The number of hydrogen-bond donors (Lipinski definition) is 2. The first-order valence-electron chi connectivity index (χ1n) is 8.51. The first-order valence-corrected chi connectivity index (χ1v) is 9.33. The van der Waals surface area contributed by atoms with Gasteiger partial charge in [-0.05, 0) is 49.6 Å². The fraction of sp³-hybridized carbons (Fsp3) is 0.421. The Labute approximate surface area is 147 Å². The summed E-state index contributed by atoms with van der Waals surface area (Å²) in [7, 11) is 0. The number of primary amides is 1. The van der Waals surface area contributed by atoms with Gasteiger partial charge in [0.2, 0.25) is 5.91 Å². The van der Waals surface area contributed by atoms with Gasteiger partial charge in [0.15, 0.2) is 0 Å². The van der Waals surface area contributed by atoms with Crippen LogP contribution in [-0.4, -0.2) is 19.0 Å². The van der Waals surface area contributed by atoms with E-state index in [2.05, 4.69) is 53.5 Å². The number of anilines is 1. The highest BCUT2D eigenvalue weighted by Crippen LogP contribution is 2.23. The van der Waals surface area contributed by atoms with Gasteiger partial charge in [-0.15, -0.1) is 11.3 Å². The predicted molar refractivity (Wildman–Crippen MR) is 100 cm³/mol. The molecule has 3 N–H and O–H groups in total. The monoisotopic (exact) mass is 343 g/mol. The molecule has 0 spiro atoms. The summed E-state index contributed by atoms with van der Waals surface area (Å²) in [5.41, 5.74) is 7.92. The molecule has 2 aromatic rings. The van der Waals surface area contributed by atoms with E-state index >= 15 is 0 Å². The third-order valence-corrected chi connectivity index (χ3v) is 5.55. The van der Waals surface area contributed by atoms with Crippen LogP contribution in [0.15, 0.2) is 36.4 Å². The van der Waals surface area contributed by atoms with E-state index in [1.54, 1.807) is 0 Å². The van der Waals surface area contributed by atoms with Crippen molar-refractivity contribution in [1.82, 2.24) is 5.32 Å². The van der Waals surface area contributed by atoms with Gasteiger partial charge in [-0.2, -0.15) is 0 Å². The molecule has 24 heavy (non-hydrogen) atoms. The van der Waals surface area contributed by atoms with Crippen molar-refractivity contribution in [3.8, 4) is 0 Å². The van der Waals surface area contributed by atoms with E-state index < -0.39 is 0 Å². The lowest BCUT2D eigenvalue weighted by atomic mass is 9.97. The minimum atomic E-state index is -0.177. The minimum absolute atomic E-state index is 0.0191. The molecular weight excluding hydrogens is 318 g/mol. The Kier molecular flexibility index (Phi) is 5.53. The zero-order valence-corrected chi connectivity index (χ0v) is 14.9. The molecule has 1 aromatic heterocycles. The van der Waals surface area contributed by atoms with Crippen molar-refractivity contribution in [1.29, 1.82) is 0 Å². The summed E-state index contributed by atoms with van der Waals surface area (Å²) in [5.74, 6) is -0.196. The van der Waals surface area contributed by atoms with Gasteiger partial charge in [-0.25, -0.2) is 0 Å². The average Bonchev–Trinajstić information content (AvgIpc) is 3.01. The molecule has 3 rings (SSSR count). The predicted octanol–water partition coefficient (Wildman–Crippen LogP) is 3.05. The van der Waals surface area contributed by atoms with Crippen molar-refractivity contribution >= 4 is 22.9 Å². The number of hydrogen-bond acceptors (Lipinski definition) is 4. The van der Waals surface area contributed by atoms with Crippen molar-refractivity contribution in [2.45, 2.75) is 32.9 Å². The molecule has 0 aliphatic carbocycles. The Morgan fingerprint density at radius 1 is 1.25 bits per heavy atom. The van der Waals surface area contributed by atoms with Crippen molar-refractivity contribution in [2.24, 2.45) is 11.7 Å². The smallest absolute Gasteiger partial charge is 0.222 e. The lowest BCUT2D eigenvalue weighted by Crippen LogP contribution is -2.41. The van der Waals surface area contributed by atoms with Crippen LogP contribution in [0.25, 0.3) is 0 Å². The van der Waals surface area contributed by atoms with Crippen LogP contribution in [0.3, 0.4) is 0 Å². The van der Waals surface area contributed by atoms with E-state index in [1.807, 2.05) is 11.3 Å². The molecule has 1 aliphatic heterocycles. The van der Waals surface area contributed by atoms with Crippen LogP contribution >= 0.6 is 11.3 Å². The summed E-state index contributed by atoms with van der Waals surface area (Å²) in [6, 6.07) is 13.0. The number of thiophene rings is 1. The maximum Gasteiger partial charge on any atom is 0.222 e. The largest absolute Gasteiger partial charge is 0.371 e. The number of carbonyl (C=O) groups is 1. The van der Waals surface area contributed by atoms with Crippen LogP contribution in [0.1, 0.15) is 28.2 Å². The number of nitrogens with two attached hydrogens (primary N) is 1. The van der Waals surface area contributed by atoms with Crippen LogP contribution in [0.2, 0.25) is 0 Å². The molecule has 1 atom stereocenters. The number of aryl methyl sites for hydroxylation is 1. The first kappa shape index (κ1) is 17.0. The fourth-order valence-corrected chi connectivity index (χ4v) is 4.04. The summed E-state index contributed by atoms with van der Waals surface area (Å²) in [5, 5.41) is 3.49. The quantitative estimate of drug-likeness (QED) is 0.847. The number of amides is 1. The van der Waals surface area contributed by atoms with Gasteiger partial charge in [-0.1, -0.05) is 12.1 Å². The van der Waals surface area contributed by atoms with Crippen molar-refractivity contribution in [3.05, 3.63) is 51.7 Å². The van der Waals surface area contributed by atoms with Crippen molar-refractivity contribution in [2.75, 3.05) is 18.0 Å². The summed E-state index contributed by atoms with van der Waals surface area (Å²) in [6.07, 6.45) is 1.94. The lowest BCUT2D eigenvalue weighted by Gasteiger charge is -2.33. The number of nitrogens with one attached hydrogen (secondary N) is 1. The second kappa shape index (κ2) is 7.81. The minimum Gasteiger partial charge on any atom is -0.371 e. The number of carbonyl (C=O) groups excluding carboxylic acids is 1. The van der Waals surface area contributed by atoms with Gasteiger partial charge >= 0.3 is 0 Å². The van der Waals surface area contributed by atoms with Crippen LogP contribution in [0.4, 0.5) is 5.69 Å². The Balaban J connectivity index is 1.52. The van der Waals surface area contributed by atoms with Crippen LogP contribution in [0.5, 0.6) is 0 Å². The Morgan fingerprint density at radius 2 is 2.04 bits per heavy atom. The molecule has 4 nitrogen and oxygen atoms in total. The SMILES string of the molecule is Cc1ccc(CNCc2ccc(N3CCCC(C(N)=O)C3)cc2)s1. The zero-order valence-electron chi connectivity index (χ0n) is 14.1. The van der Waals surface area contributed by atoms with E-state index in [-0.39, 0.29) is 11.8 Å². The molecule has 1 fully saturated rings. The van der Waals surface area contributed by atoms with Gasteiger partial charge in [0.25, 0.3) is 0 Å². The number of piperidine rings is 1. The standard InChI is InChI=1S/C19H25N3OS/c1-14-4-9-18(24-14)12-21-11-15-5-7-17(8-6-15)22-10-2-3-16(13-22)19(20)23/h4-9,16,21H,2-3,10-13H2,1H3,(H2,20,23). The molecule has 0 saturated carbocycles. The highest BCUT2D eigenvalue weighted by molar-refractivity contribution is 7.11. The Hall–Kier alpha value is -1.85. The molecule has 1 unspecified atom stereocenters. The van der Waals surface area contributed by atoms with E-state index in [9.17, 15) is 4.79 Å². The molecule has 1 aromatic carbocycles. The van der Waals surface area contributed by atoms with Crippen molar-refractivity contribution < 1.29 is 4.79 Å². The summed E-state index contributed by atoms with van der Waals surface area (Å²) >= 11 is 1.84. The molecule has 2 heterocycles. The van der Waals surface area contributed by atoms with Crippen LogP contribution in [-0.2, 0) is 17.9 Å². The zero-order chi connectivity index (χ0) is 16.9. The molecule has 1 amide bonds. The second-order valence-corrected chi connectivity index (χ2v) is 7.84.